The molecule has 0 aliphatic carbocycles. The van der Waals surface area contributed by atoms with E-state index >= 15 is 0 Å². The van der Waals surface area contributed by atoms with E-state index in [1.54, 1.807) is 32.5 Å². The van der Waals surface area contributed by atoms with Crippen molar-refractivity contribution < 1.29 is 23.7 Å². The van der Waals surface area contributed by atoms with E-state index in [1.807, 2.05) is 103 Å². The molecule has 0 fully saturated rings. The molecule has 2 N–H and O–H groups in total. The maximum Gasteiger partial charge on any atom is 0.254 e. The zero-order chi connectivity index (χ0) is 33.5. The Balaban J connectivity index is 1.36. The molecule has 1 amide bonds. The van der Waals surface area contributed by atoms with Crippen LogP contribution in [0.5, 0.6) is 23.0 Å². The Labute approximate surface area is 281 Å². The Morgan fingerprint density at radius 3 is 2.08 bits per heavy atom. The molecule has 48 heavy (non-hydrogen) atoms. The summed E-state index contributed by atoms with van der Waals surface area (Å²) in [6, 6.07) is 30.9. The average Bonchev–Trinajstić information content (AvgIpc) is 3.12. The first kappa shape index (κ1) is 32.2. The van der Waals surface area contributed by atoms with Gasteiger partial charge in [-0.25, -0.2) is 4.98 Å². The van der Waals surface area contributed by atoms with Crippen molar-refractivity contribution in [2.75, 3.05) is 26.5 Å². The van der Waals surface area contributed by atoms with Gasteiger partial charge in [0.25, 0.3) is 5.91 Å². The molecule has 1 aliphatic heterocycles. The third-order valence-corrected chi connectivity index (χ3v) is 8.48. The minimum atomic E-state index is -0.400. The summed E-state index contributed by atoms with van der Waals surface area (Å²) in [6.07, 6.45) is 6.30. The lowest BCUT2D eigenvalue weighted by Gasteiger charge is -2.36. The molecule has 8 heteroatoms. The van der Waals surface area contributed by atoms with Gasteiger partial charge < -0.3 is 29.6 Å². The van der Waals surface area contributed by atoms with Gasteiger partial charge in [0.2, 0.25) is 0 Å². The van der Waals surface area contributed by atoms with Gasteiger partial charge in [-0.15, -0.1) is 0 Å². The normalized spacial score (nSPS) is 14.0. The molecule has 1 aromatic heterocycles. The number of rotatable bonds is 11. The largest absolute Gasteiger partial charge is 0.493 e. The van der Waals surface area contributed by atoms with Crippen molar-refractivity contribution in [3.05, 3.63) is 148 Å². The number of aromatic nitrogens is 1. The smallest absolute Gasteiger partial charge is 0.254 e. The third kappa shape index (κ3) is 7.28. The number of nitrogens with zero attached hydrogens (tertiary/aromatic N) is 2. The van der Waals surface area contributed by atoms with E-state index in [2.05, 4.69) is 11.1 Å². The lowest BCUT2D eigenvalue weighted by atomic mass is 9.90. The van der Waals surface area contributed by atoms with Crippen LogP contribution in [0.3, 0.4) is 0 Å². The maximum atomic E-state index is 14.0. The quantitative estimate of drug-likeness (QED) is 0.159. The molecular weight excluding hydrogens is 602 g/mol. The molecule has 1 aliphatic rings. The number of amides is 1. The highest BCUT2D eigenvalue weighted by Gasteiger charge is 2.31. The van der Waals surface area contributed by atoms with Crippen LogP contribution in [0, 0.1) is 6.92 Å². The fourth-order valence-electron chi connectivity index (χ4n) is 5.91. The maximum absolute atomic E-state index is 14.0. The fraction of sp³-hybridized carbons (Fsp3) is 0.200. The molecule has 1 atom stereocenters. The summed E-state index contributed by atoms with van der Waals surface area (Å²) in [6.45, 7) is 3.35. The molecule has 0 radical (unpaired) electrons. The summed E-state index contributed by atoms with van der Waals surface area (Å²) in [4.78, 5) is 19.9. The molecule has 0 spiro atoms. The van der Waals surface area contributed by atoms with Crippen molar-refractivity contribution >= 4 is 17.8 Å². The first-order valence-corrected chi connectivity index (χ1v) is 15.9. The number of pyridine rings is 1. The van der Waals surface area contributed by atoms with Gasteiger partial charge in [-0.05, 0) is 83.1 Å². The molecule has 2 heterocycles. The molecule has 1 unspecified atom stereocenters. The minimum Gasteiger partial charge on any atom is -0.493 e. The van der Waals surface area contributed by atoms with Gasteiger partial charge in [-0.2, -0.15) is 0 Å². The van der Waals surface area contributed by atoms with Gasteiger partial charge >= 0.3 is 0 Å². The van der Waals surface area contributed by atoms with Gasteiger partial charge in [0, 0.05) is 18.3 Å². The lowest BCUT2D eigenvalue weighted by molar-refractivity contribution is 0.0700. The first-order chi connectivity index (χ1) is 23.4. The number of hydrogen-bond donors (Lipinski definition) is 1. The van der Waals surface area contributed by atoms with Crippen LogP contribution >= 0.6 is 0 Å². The topological polar surface area (TPSA) is 96.1 Å². The Kier molecular flexibility index (Phi) is 9.91. The molecule has 5 aromatic rings. The third-order valence-electron chi connectivity index (χ3n) is 8.48. The zero-order valence-electron chi connectivity index (χ0n) is 27.4. The van der Waals surface area contributed by atoms with Crippen molar-refractivity contribution in [2.45, 2.75) is 32.6 Å². The molecule has 8 nitrogen and oxygen atoms in total. The second-order valence-electron chi connectivity index (χ2n) is 11.6. The number of benzene rings is 4. The van der Waals surface area contributed by atoms with Gasteiger partial charge in [-0.3, -0.25) is 4.79 Å². The number of anilines is 1. The van der Waals surface area contributed by atoms with Crippen LogP contribution in [0.15, 0.2) is 109 Å². The number of nitrogens with two attached hydrogens (primary N) is 1. The Bertz CT molecular complexity index is 1910. The molecule has 0 saturated heterocycles. The molecule has 0 saturated carbocycles. The standard InChI is InChI=1S/C40H39N3O5/c1-27-20-35(45-2)37(47-25-28-10-6-4-7-11-28)21-30(27)14-15-34-33-24-36(46-3)38(48-26-29-12-8-5-9-13-29)22-31(33)17-19-43(34)40(44)32-16-18-42-39(41)23-32/h4-16,18,20-24,34H,17,19,25-26H2,1-3H3,(H2,41,42). The predicted molar refractivity (Wildman–Crippen MR) is 187 cm³/mol. The second kappa shape index (κ2) is 14.8. The number of carbonyl (C=O) groups excluding carboxylic acids is 1. The SMILES string of the molecule is COc1cc(C)c(C=CC2c3cc(OC)c(OCc4ccccc4)cc3CCN2C(=O)c2ccnc(N)c2)cc1OCc1ccccc1. The van der Waals surface area contributed by atoms with Crippen molar-refractivity contribution in [2.24, 2.45) is 0 Å². The van der Waals surface area contributed by atoms with Gasteiger partial charge in [0.15, 0.2) is 23.0 Å². The Morgan fingerprint density at radius 2 is 1.46 bits per heavy atom. The number of carbonyl (C=O) groups is 1. The fourth-order valence-corrected chi connectivity index (χ4v) is 5.91. The van der Waals surface area contributed by atoms with E-state index < -0.39 is 6.04 Å². The summed E-state index contributed by atoms with van der Waals surface area (Å²) < 4.78 is 23.9. The number of methoxy groups -OCH3 is 2. The van der Waals surface area contributed by atoms with Gasteiger partial charge in [-0.1, -0.05) is 72.8 Å². The predicted octanol–water partition coefficient (Wildman–Crippen LogP) is 7.60. The highest BCUT2D eigenvalue weighted by Crippen LogP contribution is 2.40. The van der Waals surface area contributed by atoms with Crippen LogP contribution in [0.4, 0.5) is 5.82 Å². The van der Waals surface area contributed by atoms with Crippen molar-refractivity contribution in [3.63, 3.8) is 0 Å². The summed E-state index contributed by atoms with van der Waals surface area (Å²) in [5, 5.41) is 0. The van der Waals surface area contributed by atoms with Crippen LogP contribution < -0.4 is 24.7 Å². The van der Waals surface area contributed by atoms with Crippen LogP contribution in [0.1, 0.15) is 49.8 Å². The highest BCUT2D eigenvalue weighted by molar-refractivity contribution is 5.95. The second-order valence-corrected chi connectivity index (χ2v) is 11.6. The van der Waals surface area contributed by atoms with Crippen molar-refractivity contribution in [1.29, 1.82) is 0 Å². The molecule has 4 aromatic carbocycles. The zero-order valence-corrected chi connectivity index (χ0v) is 27.4. The molecule has 244 valence electrons. The van der Waals surface area contributed by atoms with Crippen LogP contribution in [-0.4, -0.2) is 36.6 Å². The summed E-state index contributed by atoms with van der Waals surface area (Å²) in [5.41, 5.74) is 12.6. The monoisotopic (exact) mass is 641 g/mol. The summed E-state index contributed by atoms with van der Waals surface area (Å²) in [7, 11) is 3.27. The molecule has 6 rings (SSSR count). The minimum absolute atomic E-state index is 0.133. The van der Waals surface area contributed by atoms with Crippen molar-refractivity contribution in [3.8, 4) is 23.0 Å². The van der Waals surface area contributed by atoms with Gasteiger partial charge in [0.05, 0.1) is 20.3 Å². The summed E-state index contributed by atoms with van der Waals surface area (Å²) in [5.74, 6) is 2.72. The number of fused-ring (bicyclic) bond motifs is 1. The molecular formula is C40H39N3O5. The van der Waals surface area contributed by atoms with Crippen LogP contribution in [-0.2, 0) is 19.6 Å². The number of aryl methyl sites for hydroxylation is 1. The van der Waals surface area contributed by atoms with E-state index in [0.717, 1.165) is 33.4 Å². The van der Waals surface area contributed by atoms with Crippen LogP contribution in [0.2, 0.25) is 0 Å². The lowest BCUT2D eigenvalue weighted by Crippen LogP contribution is -2.39. The molecule has 0 bridgehead atoms. The van der Waals surface area contributed by atoms with E-state index in [9.17, 15) is 4.79 Å². The van der Waals surface area contributed by atoms with Crippen LogP contribution in [0.25, 0.3) is 6.08 Å². The first-order valence-electron chi connectivity index (χ1n) is 15.9. The van der Waals surface area contributed by atoms with E-state index in [-0.39, 0.29) is 5.91 Å². The Morgan fingerprint density at radius 1 is 0.833 bits per heavy atom. The van der Waals surface area contributed by atoms with Gasteiger partial charge in [0.1, 0.15) is 19.0 Å². The van der Waals surface area contributed by atoms with Crippen molar-refractivity contribution in [1.82, 2.24) is 9.88 Å². The number of hydrogen-bond acceptors (Lipinski definition) is 7. The Hall–Kier alpha value is -5.76. The number of ether oxygens (including phenoxy) is 4. The number of nitrogen functional groups attached to an aromatic ring is 1. The van der Waals surface area contributed by atoms with E-state index in [0.29, 0.717) is 60.6 Å². The average molecular weight is 642 g/mol. The highest BCUT2D eigenvalue weighted by atomic mass is 16.5. The summed E-state index contributed by atoms with van der Waals surface area (Å²) >= 11 is 0. The van der Waals surface area contributed by atoms with E-state index in [4.69, 9.17) is 24.7 Å². The van der Waals surface area contributed by atoms with E-state index in [1.165, 1.54) is 0 Å².